The predicted molar refractivity (Wildman–Crippen MR) is 55.0 cm³/mol. The van der Waals surface area contributed by atoms with Crippen molar-refractivity contribution in [2.45, 2.75) is 19.9 Å². The number of rotatable bonds is 0. The lowest BCUT2D eigenvalue weighted by molar-refractivity contribution is 0.541. The molecular weight excluding hydrogens is 162 g/mol. The second-order valence-electron chi connectivity index (χ2n) is 3.69. The minimum Gasteiger partial charge on any atom is -0.382 e. The van der Waals surface area contributed by atoms with Gasteiger partial charge in [-0.05, 0) is 25.0 Å². The number of nitrogens with one attached hydrogen (secondary N) is 2. The summed E-state index contributed by atoms with van der Waals surface area (Å²) in [5.74, 6) is 1.59. The van der Waals surface area contributed by atoms with Crippen molar-refractivity contribution in [3.8, 4) is 0 Å². The zero-order chi connectivity index (χ0) is 9.26. The zero-order valence-electron chi connectivity index (χ0n) is 8.04. The van der Waals surface area contributed by atoms with Crippen LogP contribution >= 0.6 is 0 Å². The Morgan fingerprint density at radius 2 is 2.31 bits per heavy atom. The number of fused-ring (bicyclic) bond motifs is 1. The molecule has 0 amide bonds. The summed E-state index contributed by atoms with van der Waals surface area (Å²) in [5.41, 5.74) is 1.11. The first kappa shape index (κ1) is 8.35. The predicted octanol–water partition coefficient (Wildman–Crippen LogP) is 1.94. The van der Waals surface area contributed by atoms with Crippen molar-refractivity contribution in [3.05, 3.63) is 18.3 Å². The monoisotopic (exact) mass is 177 g/mol. The second kappa shape index (κ2) is 3.24. The average molecular weight is 177 g/mol. The summed E-state index contributed by atoms with van der Waals surface area (Å²) in [4.78, 5) is 4.29. The van der Waals surface area contributed by atoms with Gasteiger partial charge in [0.2, 0.25) is 0 Å². The highest BCUT2D eigenvalue weighted by Crippen LogP contribution is 2.23. The van der Waals surface area contributed by atoms with Crippen molar-refractivity contribution in [3.63, 3.8) is 0 Å². The van der Waals surface area contributed by atoms with E-state index in [-0.39, 0.29) is 0 Å². The summed E-state index contributed by atoms with van der Waals surface area (Å²) in [7, 11) is 0. The molecule has 1 aromatic rings. The van der Waals surface area contributed by atoms with Crippen molar-refractivity contribution in [1.82, 2.24) is 4.98 Å². The van der Waals surface area contributed by atoms with Gasteiger partial charge in [-0.25, -0.2) is 4.98 Å². The number of nitrogens with zero attached hydrogens (tertiary/aromatic N) is 1. The van der Waals surface area contributed by atoms with Gasteiger partial charge in [0.05, 0.1) is 5.69 Å². The van der Waals surface area contributed by atoms with Crippen LogP contribution in [-0.4, -0.2) is 17.6 Å². The normalized spacial score (nSPS) is 26.6. The SMILES string of the molecule is CC1CNc2cccnc2NC1C. The van der Waals surface area contributed by atoms with Crippen LogP contribution in [0.3, 0.4) is 0 Å². The van der Waals surface area contributed by atoms with E-state index in [0.717, 1.165) is 18.1 Å². The smallest absolute Gasteiger partial charge is 0.149 e. The van der Waals surface area contributed by atoms with Gasteiger partial charge in [0.1, 0.15) is 5.82 Å². The lowest BCUT2D eigenvalue weighted by Crippen LogP contribution is -2.25. The first-order valence-corrected chi connectivity index (χ1v) is 4.73. The molecule has 0 fully saturated rings. The van der Waals surface area contributed by atoms with E-state index in [1.165, 1.54) is 0 Å². The lowest BCUT2D eigenvalue weighted by atomic mass is 10.1. The van der Waals surface area contributed by atoms with Crippen LogP contribution in [0.15, 0.2) is 18.3 Å². The van der Waals surface area contributed by atoms with E-state index in [1.54, 1.807) is 0 Å². The summed E-state index contributed by atoms with van der Waals surface area (Å²) in [6.45, 7) is 5.43. The van der Waals surface area contributed by atoms with E-state index in [2.05, 4.69) is 35.5 Å². The third-order valence-electron chi connectivity index (χ3n) is 2.64. The van der Waals surface area contributed by atoms with Crippen LogP contribution in [-0.2, 0) is 0 Å². The summed E-state index contributed by atoms with van der Waals surface area (Å²) in [6.07, 6.45) is 1.82. The molecule has 1 aliphatic heterocycles. The maximum atomic E-state index is 4.29. The van der Waals surface area contributed by atoms with E-state index in [4.69, 9.17) is 0 Å². The van der Waals surface area contributed by atoms with Crippen molar-refractivity contribution in [1.29, 1.82) is 0 Å². The number of anilines is 2. The van der Waals surface area contributed by atoms with Crippen LogP contribution in [0.1, 0.15) is 13.8 Å². The summed E-state index contributed by atoms with van der Waals surface area (Å²) < 4.78 is 0. The van der Waals surface area contributed by atoms with E-state index >= 15 is 0 Å². The topological polar surface area (TPSA) is 37.0 Å². The molecule has 2 atom stereocenters. The van der Waals surface area contributed by atoms with E-state index < -0.39 is 0 Å². The molecule has 2 N–H and O–H groups in total. The molecule has 1 aliphatic rings. The van der Waals surface area contributed by atoms with Crippen LogP contribution in [0, 0.1) is 5.92 Å². The maximum Gasteiger partial charge on any atom is 0.149 e. The van der Waals surface area contributed by atoms with Gasteiger partial charge in [-0.3, -0.25) is 0 Å². The molecule has 2 heterocycles. The molecule has 3 nitrogen and oxygen atoms in total. The first-order valence-electron chi connectivity index (χ1n) is 4.73. The van der Waals surface area contributed by atoms with Crippen molar-refractivity contribution in [2.24, 2.45) is 5.92 Å². The largest absolute Gasteiger partial charge is 0.382 e. The molecule has 0 aromatic carbocycles. The van der Waals surface area contributed by atoms with Crippen molar-refractivity contribution in [2.75, 3.05) is 17.2 Å². The minimum absolute atomic E-state index is 0.476. The molecule has 3 heteroatoms. The number of hydrogen-bond donors (Lipinski definition) is 2. The third kappa shape index (κ3) is 1.59. The van der Waals surface area contributed by atoms with Crippen LogP contribution in [0.25, 0.3) is 0 Å². The van der Waals surface area contributed by atoms with E-state index in [1.807, 2.05) is 12.3 Å². The molecule has 13 heavy (non-hydrogen) atoms. The van der Waals surface area contributed by atoms with Gasteiger partial charge in [-0.1, -0.05) is 6.92 Å². The van der Waals surface area contributed by atoms with Gasteiger partial charge in [0.25, 0.3) is 0 Å². The summed E-state index contributed by atoms with van der Waals surface area (Å²) in [5, 5.41) is 6.78. The molecule has 70 valence electrons. The van der Waals surface area contributed by atoms with Gasteiger partial charge < -0.3 is 10.6 Å². The molecule has 2 rings (SSSR count). The van der Waals surface area contributed by atoms with Crippen molar-refractivity contribution < 1.29 is 0 Å². The quantitative estimate of drug-likeness (QED) is 0.636. The van der Waals surface area contributed by atoms with Gasteiger partial charge >= 0.3 is 0 Å². The number of aromatic nitrogens is 1. The highest BCUT2D eigenvalue weighted by atomic mass is 15.1. The highest BCUT2D eigenvalue weighted by Gasteiger charge is 2.17. The molecule has 0 bridgehead atoms. The fraction of sp³-hybridized carbons (Fsp3) is 0.500. The van der Waals surface area contributed by atoms with Crippen LogP contribution in [0.4, 0.5) is 11.5 Å². The summed E-state index contributed by atoms with van der Waals surface area (Å²) >= 11 is 0. The van der Waals surface area contributed by atoms with Gasteiger partial charge in [0.15, 0.2) is 0 Å². The van der Waals surface area contributed by atoms with E-state index in [0.29, 0.717) is 12.0 Å². The fourth-order valence-corrected chi connectivity index (χ4v) is 1.47. The fourth-order valence-electron chi connectivity index (χ4n) is 1.47. The number of hydrogen-bond acceptors (Lipinski definition) is 3. The molecular formula is C10H15N3. The first-order chi connectivity index (χ1) is 6.27. The van der Waals surface area contributed by atoms with Gasteiger partial charge in [-0.2, -0.15) is 0 Å². The maximum absolute atomic E-state index is 4.29. The highest BCUT2D eigenvalue weighted by molar-refractivity contribution is 5.65. The lowest BCUT2D eigenvalue weighted by Gasteiger charge is -2.17. The molecule has 1 aromatic heterocycles. The zero-order valence-corrected chi connectivity index (χ0v) is 8.04. The van der Waals surface area contributed by atoms with Crippen LogP contribution in [0.5, 0.6) is 0 Å². The second-order valence-corrected chi connectivity index (χ2v) is 3.69. The molecule has 0 saturated heterocycles. The van der Waals surface area contributed by atoms with Gasteiger partial charge in [0, 0.05) is 18.8 Å². The summed E-state index contributed by atoms with van der Waals surface area (Å²) in [6, 6.07) is 4.48. The Balaban J connectivity index is 2.29. The Bertz CT molecular complexity index is 298. The molecule has 0 aliphatic carbocycles. The Labute approximate surface area is 78.6 Å². The van der Waals surface area contributed by atoms with Gasteiger partial charge in [-0.15, -0.1) is 0 Å². The Hall–Kier alpha value is -1.25. The average Bonchev–Trinajstić information content (AvgIpc) is 2.28. The van der Waals surface area contributed by atoms with Crippen LogP contribution < -0.4 is 10.6 Å². The Morgan fingerprint density at radius 3 is 3.15 bits per heavy atom. The molecule has 0 saturated carbocycles. The number of pyridine rings is 1. The molecule has 0 spiro atoms. The van der Waals surface area contributed by atoms with E-state index in [9.17, 15) is 0 Å². The molecule has 2 unspecified atom stereocenters. The molecule has 0 radical (unpaired) electrons. The standard InChI is InChI=1S/C10H15N3/c1-7-6-12-9-4-3-5-11-10(9)13-8(7)2/h3-5,7-8,12H,6H2,1-2H3,(H,11,13). The third-order valence-corrected chi connectivity index (χ3v) is 2.64. The van der Waals surface area contributed by atoms with Crippen molar-refractivity contribution >= 4 is 11.5 Å². The minimum atomic E-state index is 0.476. The van der Waals surface area contributed by atoms with Crippen LogP contribution in [0.2, 0.25) is 0 Å². The Kier molecular flexibility index (Phi) is 2.08. The Morgan fingerprint density at radius 1 is 1.46 bits per heavy atom.